The molecule has 0 atom stereocenters. The van der Waals surface area contributed by atoms with Crippen molar-refractivity contribution in [3.63, 3.8) is 0 Å². The maximum absolute atomic E-state index is 11.7. The van der Waals surface area contributed by atoms with Crippen molar-refractivity contribution in [3.05, 3.63) is 21.6 Å². The summed E-state index contributed by atoms with van der Waals surface area (Å²) in [7, 11) is 0. The number of carbonyl (C=O) groups excluding carboxylic acids is 1. The van der Waals surface area contributed by atoms with Crippen molar-refractivity contribution >= 4 is 33.9 Å². The Morgan fingerprint density at radius 1 is 1.53 bits per heavy atom. The van der Waals surface area contributed by atoms with E-state index in [1.165, 1.54) is 16.2 Å². The summed E-state index contributed by atoms with van der Waals surface area (Å²) in [5, 5.41) is 12.0. The number of hydrogen-bond donors (Lipinski definition) is 2. The molecule has 1 aliphatic rings. The van der Waals surface area contributed by atoms with Gasteiger partial charge in [0.1, 0.15) is 0 Å². The van der Waals surface area contributed by atoms with Crippen LogP contribution >= 0.6 is 22.9 Å². The van der Waals surface area contributed by atoms with E-state index in [2.05, 4.69) is 25.2 Å². The molecule has 2 N–H and O–H groups in total. The number of thiazole rings is 1. The smallest absolute Gasteiger partial charge is 0.278 e. The molecule has 1 aliphatic heterocycles. The van der Waals surface area contributed by atoms with Gasteiger partial charge in [-0.25, -0.2) is 4.98 Å². The molecule has 6 nitrogen and oxygen atoms in total. The second kappa shape index (κ2) is 4.47. The minimum absolute atomic E-state index is 0.252. The number of anilines is 1. The first-order chi connectivity index (χ1) is 8.33. The molecule has 0 aromatic carbocycles. The molecule has 8 heteroatoms. The number of nitrogens with zero attached hydrogens (tertiary/aromatic N) is 3. The summed E-state index contributed by atoms with van der Waals surface area (Å²) in [5.74, 6) is -0.252. The molecular formula is C9H9N5OS2. The highest BCUT2D eigenvalue weighted by Crippen LogP contribution is 2.25. The Morgan fingerprint density at radius 3 is 3.24 bits per heavy atom. The monoisotopic (exact) mass is 267 g/mol. The van der Waals surface area contributed by atoms with E-state index in [1.54, 1.807) is 5.38 Å². The topological polar surface area (TPSA) is 79.8 Å². The Balaban J connectivity index is 1.77. The van der Waals surface area contributed by atoms with Crippen LogP contribution < -0.4 is 10.6 Å². The number of carbonyl (C=O) groups is 1. The summed E-state index contributed by atoms with van der Waals surface area (Å²) in [6, 6.07) is 0. The fourth-order valence-corrected chi connectivity index (χ4v) is 3.01. The van der Waals surface area contributed by atoms with Crippen molar-refractivity contribution in [2.45, 2.75) is 13.0 Å². The Hall–Kier alpha value is -1.38. The molecule has 0 saturated heterocycles. The Bertz CT molecular complexity index is 512. The molecule has 0 spiro atoms. The van der Waals surface area contributed by atoms with Gasteiger partial charge in [0, 0.05) is 29.8 Å². The van der Waals surface area contributed by atoms with E-state index in [0.29, 0.717) is 10.8 Å². The predicted octanol–water partition coefficient (Wildman–Crippen LogP) is 0.893. The van der Waals surface area contributed by atoms with E-state index in [9.17, 15) is 4.79 Å². The molecule has 0 radical (unpaired) electrons. The predicted molar refractivity (Wildman–Crippen MR) is 65.4 cm³/mol. The minimum Gasteiger partial charge on any atom is -0.311 e. The lowest BCUT2D eigenvalue weighted by molar-refractivity contribution is 0.102. The zero-order valence-electron chi connectivity index (χ0n) is 8.77. The van der Waals surface area contributed by atoms with Gasteiger partial charge in [0.25, 0.3) is 5.91 Å². The summed E-state index contributed by atoms with van der Waals surface area (Å²) in [6.07, 6.45) is 0.917. The van der Waals surface area contributed by atoms with Crippen molar-refractivity contribution in [1.29, 1.82) is 0 Å². The van der Waals surface area contributed by atoms with Gasteiger partial charge in [-0.1, -0.05) is 4.49 Å². The van der Waals surface area contributed by atoms with Gasteiger partial charge in [-0.3, -0.25) is 10.1 Å². The average Bonchev–Trinajstić information content (AvgIpc) is 2.97. The number of nitrogens with one attached hydrogen (secondary N) is 2. The lowest BCUT2D eigenvalue weighted by Crippen LogP contribution is -2.22. The third-order valence-corrected chi connectivity index (χ3v) is 3.93. The summed E-state index contributed by atoms with van der Waals surface area (Å²) in [6.45, 7) is 1.78. The third kappa shape index (κ3) is 2.19. The average molecular weight is 267 g/mol. The molecule has 0 aliphatic carbocycles. The van der Waals surface area contributed by atoms with Gasteiger partial charge in [0.2, 0.25) is 0 Å². The second-order valence-corrected chi connectivity index (χ2v) is 5.25. The summed E-state index contributed by atoms with van der Waals surface area (Å²) < 4.78 is 3.65. The van der Waals surface area contributed by atoms with Crippen molar-refractivity contribution in [1.82, 2.24) is 19.9 Å². The fraction of sp³-hybridized carbons (Fsp3) is 0.333. The molecule has 1 amide bonds. The van der Waals surface area contributed by atoms with E-state index in [1.807, 2.05) is 0 Å². The highest BCUT2D eigenvalue weighted by Gasteiger charge is 2.17. The Morgan fingerprint density at radius 2 is 2.47 bits per heavy atom. The maximum atomic E-state index is 11.7. The second-order valence-electron chi connectivity index (χ2n) is 3.56. The van der Waals surface area contributed by atoms with Crippen LogP contribution in [0.3, 0.4) is 0 Å². The molecule has 88 valence electrons. The summed E-state index contributed by atoms with van der Waals surface area (Å²) in [5.41, 5.74) is 1.42. The van der Waals surface area contributed by atoms with Crippen LogP contribution in [0.4, 0.5) is 5.13 Å². The third-order valence-electron chi connectivity index (χ3n) is 2.42. The first kappa shape index (κ1) is 10.8. The molecule has 17 heavy (non-hydrogen) atoms. The van der Waals surface area contributed by atoms with Crippen LogP contribution in [0, 0.1) is 0 Å². The molecule has 2 aromatic heterocycles. The van der Waals surface area contributed by atoms with Gasteiger partial charge in [-0.2, -0.15) is 0 Å². The first-order valence-corrected chi connectivity index (χ1v) is 6.76. The van der Waals surface area contributed by atoms with Crippen molar-refractivity contribution in [2.75, 3.05) is 11.9 Å². The number of aromatic nitrogens is 3. The molecule has 0 saturated carbocycles. The number of hydrogen-bond acceptors (Lipinski definition) is 7. The maximum Gasteiger partial charge on any atom is 0.278 e. The highest BCUT2D eigenvalue weighted by molar-refractivity contribution is 7.15. The normalized spacial score (nSPS) is 14.4. The zero-order valence-corrected chi connectivity index (χ0v) is 10.4. The lowest BCUT2D eigenvalue weighted by Gasteiger charge is -2.09. The van der Waals surface area contributed by atoms with Crippen LogP contribution in [0.5, 0.6) is 0 Å². The Labute approximate surface area is 105 Å². The molecule has 0 bridgehead atoms. The van der Waals surface area contributed by atoms with E-state index in [-0.39, 0.29) is 5.91 Å². The molecule has 0 fully saturated rings. The van der Waals surface area contributed by atoms with Gasteiger partial charge in [-0.05, 0) is 11.5 Å². The lowest BCUT2D eigenvalue weighted by atomic mass is 10.2. The zero-order chi connectivity index (χ0) is 11.7. The van der Waals surface area contributed by atoms with Crippen molar-refractivity contribution in [3.8, 4) is 0 Å². The van der Waals surface area contributed by atoms with E-state index in [4.69, 9.17) is 0 Å². The van der Waals surface area contributed by atoms with Gasteiger partial charge in [0.05, 0.1) is 5.69 Å². The van der Waals surface area contributed by atoms with E-state index in [0.717, 1.165) is 36.7 Å². The standard InChI is InChI=1S/C9H9N5OS2/c15-8(6-4-16-14-13-6)12-9-11-5-1-2-10-3-7(5)17-9/h4,10H,1-3H2,(H,11,12,15). The molecule has 3 heterocycles. The first-order valence-electron chi connectivity index (χ1n) is 5.10. The van der Waals surface area contributed by atoms with Gasteiger partial charge >= 0.3 is 0 Å². The van der Waals surface area contributed by atoms with E-state index < -0.39 is 0 Å². The van der Waals surface area contributed by atoms with Gasteiger partial charge in [-0.15, -0.1) is 16.4 Å². The molecule has 3 rings (SSSR count). The van der Waals surface area contributed by atoms with Crippen LogP contribution in [0.2, 0.25) is 0 Å². The van der Waals surface area contributed by atoms with Crippen LogP contribution in [-0.2, 0) is 13.0 Å². The van der Waals surface area contributed by atoms with Gasteiger partial charge < -0.3 is 5.32 Å². The Kier molecular flexibility index (Phi) is 2.83. The molecular weight excluding hydrogens is 258 g/mol. The van der Waals surface area contributed by atoms with Crippen LogP contribution in [0.25, 0.3) is 0 Å². The summed E-state index contributed by atoms with van der Waals surface area (Å²) >= 11 is 2.67. The quantitative estimate of drug-likeness (QED) is 0.845. The van der Waals surface area contributed by atoms with Crippen molar-refractivity contribution in [2.24, 2.45) is 0 Å². The molecule has 2 aromatic rings. The van der Waals surface area contributed by atoms with Crippen molar-refractivity contribution < 1.29 is 4.79 Å². The SMILES string of the molecule is O=C(Nc1nc2c(s1)CNCC2)c1csnn1. The largest absolute Gasteiger partial charge is 0.311 e. The van der Waals surface area contributed by atoms with Crippen LogP contribution in [0.1, 0.15) is 21.1 Å². The van der Waals surface area contributed by atoms with Crippen LogP contribution in [-0.4, -0.2) is 27.0 Å². The fourth-order valence-electron chi connectivity index (χ4n) is 1.60. The van der Waals surface area contributed by atoms with E-state index >= 15 is 0 Å². The van der Waals surface area contributed by atoms with Crippen LogP contribution in [0.15, 0.2) is 5.38 Å². The molecule has 0 unspecified atom stereocenters. The highest BCUT2D eigenvalue weighted by atomic mass is 32.1. The number of fused-ring (bicyclic) bond motifs is 1. The number of rotatable bonds is 2. The van der Waals surface area contributed by atoms with Gasteiger partial charge in [0.15, 0.2) is 10.8 Å². The number of amides is 1. The minimum atomic E-state index is -0.252. The summed E-state index contributed by atoms with van der Waals surface area (Å²) in [4.78, 5) is 17.3.